The van der Waals surface area contributed by atoms with Crippen molar-refractivity contribution in [3.8, 4) is 0 Å². The summed E-state index contributed by atoms with van der Waals surface area (Å²) in [6, 6.07) is 12.0. The van der Waals surface area contributed by atoms with Crippen LogP contribution < -0.4 is 4.90 Å². The Morgan fingerprint density at radius 2 is 1.92 bits per heavy atom. The third-order valence-electron chi connectivity index (χ3n) is 4.14. The quantitative estimate of drug-likeness (QED) is 0.836. The molecule has 1 atom stereocenters. The van der Waals surface area contributed by atoms with Gasteiger partial charge in [-0.2, -0.15) is 0 Å². The summed E-state index contributed by atoms with van der Waals surface area (Å²) in [7, 11) is 0. The molecular weight excluding hydrogens is 331 g/mol. The van der Waals surface area contributed by atoms with Crippen LogP contribution in [0.4, 0.5) is 10.1 Å². The van der Waals surface area contributed by atoms with Crippen LogP contribution in [0.1, 0.15) is 17.3 Å². The lowest BCUT2D eigenvalue weighted by Gasteiger charge is -2.39. The van der Waals surface area contributed by atoms with Crippen LogP contribution in [-0.2, 0) is 4.79 Å². The molecule has 1 heterocycles. The predicted octanol–water partition coefficient (Wildman–Crippen LogP) is 3.36. The number of carbonyl (C=O) groups is 2. The van der Waals surface area contributed by atoms with Crippen molar-refractivity contribution in [1.82, 2.24) is 4.90 Å². The number of piperazine rings is 1. The van der Waals surface area contributed by atoms with Crippen LogP contribution in [0.5, 0.6) is 0 Å². The topological polar surface area (TPSA) is 40.6 Å². The van der Waals surface area contributed by atoms with Crippen molar-refractivity contribution in [2.75, 3.05) is 18.0 Å². The van der Waals surface area contributed by atoms with E-state index < -0.39 is 11.9 Å². The van der Waals surface area contributed by atoms with Crippen molar-refractivity contribution in [2.45, 2.75) is 13.0 Å². The Hall–Kier alpha value is -2.40. The van der Waals surface area contributed by atoms with E-state index in [1.807, 2.05) is 0 Å². The first-order chi connectivity index (χ1) is 11.5. The minimum absolute atomic E-state index is 0.243. The monoisotopic (exact) mass is 346 g/mol. The number of rotatable bonds is 2. The van der Waals surface area contributed by atoms with Crippen molar-refractivity contribution in [1.29, 1.82) is 0 Å². The maximum absolute atomic E-state index is 13.4. The highest BCUT2D eigenvalue weighted by Crippen LogP contribution is 2.24. The van der Waals surface area contributed by atoms with E-state index in [4.69, 9.17) is 11.6 Å². The number of nitrogens with zero attached hydrogens (tertiary/aromatic N) is 2. The lowest BCUT2D eigenvalue weighted by molar-refractivity contribution is -0.124. The molecule has 2 amide bonds. The average molecular weight is 347 g/mol. The summed E-state index contributed by atoms with van der Waals surface area (Å²) in [5, 5.41) is 0.356. The van der Waals surface area contributed by atoms with E-state index in [0.29, 0.717) is 29.4 Å². The molecule has 1 aliphatic rings. The summed E-state index contributed by atoms with van der Waals surface area (Å²) in [6.07, 6.45) is 0. The number of hydrogen-bond donors (Lipinski definition) is 0. The van der Waals surface area contributed by atoms with Crippen molar-refractivity contribution in [3.63, 3.8) is 0 Å². The number of benzene rings is 2. The molecule has 2 aromatic rings. The van der Waals surface area contributed by atoms with E-state index >= 15 is 0 Å². The van der Waals surface area contributed by atoms with Gasteiger partial charge in [0.25, 0.3) is 5.91 Å². The highest BCUT2D eigenvalue weighted by molar-refractivity contribution is 6.33. The van der Waals surface area contributed by atoms with Gasteiger partial charge in [0.2, 0.25) is 5.91 Å². The molecule has 2 aromatic carbocycles. The smallest absolute Gasteiger partial charge is 0.256 e. The van der Waals surface area contributed by atoms with Crippen molar-refractivity contribution in [3.05, 3.63) is 64.9 Å². The van der Waals surface area contributed by atoms with E-state index in [9.17, 15) is 14.0 Å². The van der Waals surface area contributed by atoms with Crippen LogP contribution in [0.15, 0.2) is 48.5 Å². The molecule has 3 rings (SSSR count). The summed E-state index contributed by atoms with van der Waals surface area (Å²) in [4.78, 5) is 28.3. The second kappa shape index (κ2) is 6.61. The Morgan fingerprint density at radius 1 is 1.17 bits per heavy atom. The molecule has 0 radical (unpaired) electrons. The van der Waals surface area contributed by atoms with Crippen LogP contribution >= 0.6 is 11.6 Å². The standard InChI is InChI=1S/C18H16ClFN2O2/c1-12-17(23)22(14-6-4-5-13(20)11-14)10-9-21(12)18(24)15-7-2-3-8-16(15)19/h2-8,11-12H,9-10H2,1H3/t12-/m0/s1. The number of hydrogen-bond acceptors (Lipinski definition) is 2. The van der Waals surface area contributed by atoms with Crippen molar-refractivity contribution in [2.24, 2.45) is 0 Å². The van der Waals surface area contributed by atoms with Gasteiger partial charge in [0.1, 0.15) is 11.9 Å². The predicted molar refractivity (Wildman–Crippen MR) is 90.7 cm³/mol. The number of halogens is 2. The fourth-order valence-corrected chi connectivity index (χ4v) is 3.05. The van der Waals surface area contributed by atoms with Gasteiger partial charge >= 0.3 is 0 Å². The van der Waals surface area contributed by atoms with Gasteiger partial charge in [-0.15, -0.1) is 0 Å². The van der Waals surface area contributed by atoms with Crippen LogP contribution in [0.3, 0.4) is 0 Å². The normalized spacial score (nSPS) is 18.0. The highest BCUT2D eigenvalue weighted by Gasteiger charge is 2.35. The molecule has 1 fully saturated rings. The fraction of sp³-hybridized carbons (Fsp3) is 0.222. The molecule has 24 heavy (non-hydrogen) atoms. The first-order valence-electron chi connectivity index (χ1n) is 7.61. The summed E-state index contributed by atoms with van der Waals surface area (Å²) in [6.45, 7) is 2.33. The summed E-state index contributed by atoms with van der Waals surface area (Å²) in [5.74, 6) is -0.921. The SMILES string of the molecule is C[C@H]1C(=O)N(c2cccc(F)c2)CCN1C(=O)c1ccccc1Cl. The zero-order valence-electron chi connectivity index (χ0n) is 13.1. The Morgan fingerprint density at radius 3 is 2.62 bits per heavy atom. The summed E-state index contributed by atoms with van der Waals surface area (Å²) < 4.78 is 13.4. The van der Waals surface area contributed by atoms with Gasteiger partial charge in [0.05, 0.1) is 10.6 Å². The molecule has 0 N–H and O–H groups in total. The molecule has 0 saturated carbocycles. The minimum Gasteiger partial charge on any atom is -0.325 e. The zero-order chi connectivity index (χ0) is 17.3. The first kappa shape index (κ1) is 16.5. The molecule has 0 aromatic heterocycles. The molecule has 124 valence electrons. The second-order valence-electron chi connectivity index (χ2n) is 5.62. The Kier molecular flexibility index (Phi) is 4.53. The Balaban J connectivity index is 1.83. The molecule has 0 bridgehead atoms. The summed E-state index contributed by atoms with van der Waals surface area (Å²) >= 11 is 6.08. The van der Waals surface area contributed by atoms with E-state index in [-0.39, 0.29) is 11.8 Å². The zero-order valence-corrected chi connectivity index (χ0v) is 13.8. The molecule has 0 aliphatic carbocycles. The van der Waals surface area contributed by atoms with Gasteiger partial charge in [-0.25, -0.2) is 4.39 Å². The molecular formula is C18H16ClFN2O2. The van der Waals surface area contributed by atoms with Gasteiger partial charge in [0.15, 0.2) is 0 Å². The lowest BCUT2D eigenvalue weighted by Crippen LogP contribution is -2.57. The molecule has 6 heteroatoms. The Labute approximate surface area is 144 Å². The maximum Gasteiger partial charge on any atom is 0.256 e. The van der Waals surface area contributed by atoms with Gasteiger partial charge < -0.3 is 9.80 Å². The largest absolute Gasteiger partial charge is 0.325 e. The minimum atomic E-state index is -0.647. The third kappa shape index (κ3) is 2.99. The van der Waals surface area contributed by atoms with Gasteiger partial charge in [-0.3, -0.25) is 9.59 Å². The third-order valence-corrected chi connectivity index (χ3v) is 4.47. The average Bonchev–Trinajstić information content (AvgIpc) is 2.57. The summed E-state index contributed by atoms with van der Waals surface area (Å²) in [5.41, 5.74) is 0.870. The number of amides is 2. The van der Waals surface area contributed by atoms with Crippen LogP contribution in [0.25, 0.3) is 0 Å². The van der Waals surface area contributed by atoms with E-state index in [2.05, 4.69) is 0 Å². The molecule has 1 saturated heterocycles. The van der Waals surface area contributed by atoms with Crippen molar-refractivity contribution < 1.29 is 14.0 Å². The Bertz CT molecular complexity index is 796. The number of carbonyl (C=O) groups excluding carboxylic acids is 2. The molecule has 0 spiro atoms. The lowest BCUT2D eigenvalue weighted by atomic mass is 10.1. The van der Waals surface area contributed by atoms with E-state index in [1.165, 1.54) is 21.9 Å². The van der Waals surface area contributed by atoms with E-state index in [0.717, 1.165) is 0 Å². The highest BCUT2D eigenvalue weighted by atomic mass is 35.5. The first-order valence-corrected chi connectivity index (χ1v) is 7.99. The van der Waals surface area contributed by atoms with Crippen LogP contribution in [-0.4, -0.2) is 35.8 Å². The molecule has 0 unspecified atom stereocenters. The maximum atomic E-state index is 13.4. The molecule has 4 nitrogen and oxygen atoms in total. The van der Waals surface area contributed by atoms with E-state index in [1.54, 1.807) is 43.3 Å². The van der Waals surface area contributed by atoms with Gasteiger partial charge in [-0.05, 0) is 37.3 Å². The van der Waals surface area contributed by atoms with Crippen LogP contribution in [0.2, 0.25) is 5.02 Å². The van der Waals surface area contributed by atoms with Gasteiger partial charge in [0, 0.05) is 18.8 Å². The van der Waals surface area contributed by atoms with Crippen LogP contribution in [0, 0.1) is 5.82 Å². The fourth-order valence-electron chi connectivity index (χ4n) is 2.84. The number of anilines is 1. The second-order valence-corrected chi connectivity index (χ2v) is 6.03. The van der Waals surface area contributed by atoms with Gasteiger partial charge in [-0.1, -0.05) is 29.8 Å². The molecule has 1 aliphatic heterocycles. The van der Waals surface area contributed by atoms with Crippen molar-refractivity contribution >= 4 is 29.1 Å².